The highest BCUT2D eigenvalue weighted by Crippen LogP contribution is 2.47. The Balaban J connectivity index is 1.64. The molecule has 0 bridgehead atoms. The van der Waals surface area contributed by atoms with Crippen molar-refractivity contribution in [1.29, 1.82) is 5.26 Å². The molecule has 5 atom stereocenters. The molecule has 1 aliphatic heterocycles. The van der Waals surface area contributed by atoms with Crippen molar-refractivity contribution in [1.82, 2.24) is 5.32 Å². The molecule has 3 nitrogen and oxygen atoms in total. The van der Waals surface area contributed by atoms with E-state index in [1.807, 2.05) is 18.4 Å². The zero-order chi connectivity index (χ0) is 26.4. The number of nitrogens with zero attached hydrogens (tertiary/aromatic N) is 2. The first kappa shape index (κ1) is 27.1. The summed E-state index contributed by atoms with van der Waals surface area (Å²) in [5.74, 6) is -0.00561. The van der Waals surface area contributed by atoms with Crippen molar-refractivity contribution in [3.8, 4) is 6.07 Å². The quantitative estimate of drug-likeness (QED) is 0.295. The maximum Gasteiger partial charge on any atom is 0.123 e. The van der Waals surface area contributed by atoms with E-state index in [-0.39, 0.29) is 29.6 Å². The van der Waals surface area contributed by atoms with Crippen LogP contribution in [-0.2, 0) is 0 Å². The predicted molar refractivity (Wildman–Crippen MR) is 152 cm³/mol. The number of halogens is 2. The van der Waals surface area contributed by atoms with Gasteiger partial charge in [0, 0.05) is 24.7 Å². The molecule has 5 unspecified atom stereocenters. The molecule has 0 aromatic heterocycles. The predicted octanol–water partition coefficient (Wildman–Crippen LogP) is 6.76. The minimum atomic E-state index is -0.412. The molecule has 1 aliphatic carbocycles. The molecule has 37 heavy (non-hydrogen) atoms. The van der Waals surface area contributed by atoms with E-state index >= 15 is 0 Å². The van der Waals surface area contributed by atoms with Crippen molar-refractivity contribution in [3.63, 3.8) is 0 Å². The highest BCUT2D eigenvalue weighted by atomic mass is 31.0. The van der Waals surface area contributed by atoms with Gasteiger partial charge in [0.25, 0.3) is 0 Å². The van der Waals surface area contributed by atoms with Crippen LogP contribution in [0.1, 0.15) is 61.1 Å². The number of rotatable bonds is 9. The Morgan fingerprint density at radius 3 is 2.70 bits per heavy atom. The third kappa shape index (κ3) is 6.32. The van der Waals surface area contributed by atoms with Gasteiger partial charge in [-0.15, -0.1) is 15.8 Å². The first-order chi connectivity index (χ1) is 17.9. The molecule has 0 spiro atoms. The fourth-order valence-corrected chi connectivity index (χ4v) is 5.49. The maximum atomic E-state index is 14.4. The number of fused-ring (bicyclic) bond motifs is 1. The van der Waals surface area contributed by atoms with Crippen LogP contribution in [0.5, 0.6) is 0 Å². The number of nitriles is 1. The molecule has 2 aliphatic rings. The third-order valence-corrected chi connectivity index (χ3v) is 7.89. The average molecular weight is 518 g/mol. The number of hydrogen-bond acceptors (Lipinski definition) is 3. The molecule has 1 heterocycles. The number of benzene rings is 2. The van der Waals surface area contributed by atoms with Crippen LogP contribution in [-0.4, -0.2) is 25.5 Å². The minimum absolute atomic E-state index is 0.0881. The van der Waals surface area contributed by atoms with Crippen LogP contribution in [0.15, 0.2) is 77.5 Å². The third-order valence-electron chi connectivity index (χ3n) is 7.50. The summed E-state index contributed by atoms with van der Waals surface area (Å²) in [4.78, 5) is 4.78. The van der Waals surface area contributed by atoms with Crippen LogP contribution in [0.3, 0.4) is 0 Å². The van der Waals surface area contributed by atoms with Crippen molar-refractivity contribution in [2.75, 3.05) is 13.2 Å². The van der Waals surface area contributed by atoms with E-state index in [1.165, 1.54) is 17.7 Å². The summed E-state index contributed by atoms with van der Waals surface area (Å²) in [7, 11) is 2.71. The van der Waals surface area contributed by atoms with Gasteiger partial charge in [0.05, 0.1) is 11.3 Å². The molecule has 0 amide bonds. The van der Waals surface area contributed by atoms with Gasteiger partial charge in [-0.25, -0.2) is 8.78 Å². The molecular formula is C31H34F2N3P. The monoisotopic (exact) mass is 517 g/mol. The van der Waals surface area contributed by atoms with Crippen molar-refractivity contribution in [2.24, 2.45) is 10.9 Å². The zero-order valence-corrected chi connectivity index (χ0v) is 22.4. The smallest absolute Gasteiger partial charge is 0.123 e. The Morgan fingerprint density at radius 1 is 1.27 bits per heavy atom. The Bertz CT molecular complexity index is 1260. The molecule has 0 radical (unpaired) electrons. The van der Waals surface area contributed by atoms with Gasteiger partial charge in [-0.3, -0.25) is 4.99 Å². The van der Waals surface area contributed by atoms with Crippen molar-refractivity contribution in [3.05, 3.63) is 95.0 Å². The summed E-state index contributed by atoms with van der Waals surface area (Å²) < 4.78 is 27.7. The Morgan fingerprint density at radius 2 is 2.05 bits per heavy atom. The second-order valence-electron chi connectivity index (χ2n) is 9.95. The average Bonchev–Trinajstić information content (AvgIpc) is 3.03. The van der Waals surface area contributed by atoms with E-state index in [1.54, 1.807) is 0 Å². The molecule has 2 aromatic carbocycles. The fourth-order valence-electron chi connectivity index (χ4n) is 5.30. The van der Waals surface area contributed by atoms with Crippen LogP contribution in [0, 0.1) is 23.1 Å². The summed E-state index contributed by atoms with van der Waals surface area (Å²) in [6, 6.07) is 15.4. The van der Waals surface area contributed by atoms with Gasteiger partial charge in [-0.1, -0.05) is 49.4 Å². The number of alkyl halides is 1. The molecule has 0 fully saturated rings. The lowest BCUT2D eigenvalue weighted by molar-refractivity contribution is 0.352. The lowest BCUT2D eigenvalue weighted by Gasteiger charge is -2.25. The van der Waals surface area contributed by atoms with Crippen LogP contribution in [0.25, 0.3) is 5.57 Å². The first-order valence-corrected chi connectivity index (χ1v) is 13.5. The van der Waals surface area contributed by atoms with Gasteiger partial charge in [-0.2, -0.15) is 5.26 Å². The number of hydrogen-bond donors (Lipinski definition) is 1. The largest absolute Gasteiger partial charge is 0.311 e. The Hall–Kier alpha value is -2.93. The Kier molecular flexibility index (Phi) is 9.19. The number of allylic oxidation sites excluding steroid dienone is 4. The highest BCUT2D eigenvalue weighted by molar-refractivity contribution is 7.27. The summed E-state index contributed by atoms with van der Waals surface area (Å²) in [6.07, 6.45) is 8.66. The fraction of sp³-hybridized carbons (Fsp3) is 0.355. The molecule has 0 saturated heterocycles. The van der Waals surface area contributed by atoms with Crippen LogP contribution < -0.4 is 10.6 Å². The number of aliphatic imine (C=N–C) groups is 1. The van der Waals surface area contributed by atoms with E-state index in [9.17, 15) is 14.0 Å². The van der Waals surface area contributed by atoms with Crippen molar-refractivity contribution >= 4 is 26.3 Å². The van der Waals surface area contributed by atoms with E-state index < -0.39 is 6.67 Å². The Labute approximate surface area is 221 Å². The summed E-state index contributed by atoms with van der Waals surface area (Å²) >= 11 is 0. The van der Waals surface area contributed by atoms with Gasteiger partial charge >= 0.3 is 0 Å². The molecule has 1 N–H and O–H groups in total. The molecule has 0 saturated carbocycles. The molecule has 2 aromatic rings. The molecule has 6 heteroatoms. The van der Waals surface area contributed by atoms with Gasteiger partial charge in [0.2, 0.25) is 0 Å². The van der Waals surface area contributed by atoms with E-state index in [2.05, 4.69) is 64.5 Å². The summed E-state index contributed by atoms with van der Waals surface area (Å²) in [6.45, 7) is 6.09. The molecular weight excluding hydrogens is 483 g/mol. The van der Waals surface area contributed by atoms with Crippen molar-refractivity contribution in [2.45, 2.75) is 50.5 Å². The normalized spacial score (nSPS) is 22.0. The summed E-state index contributed by atoms with van der Waals surface area (Å²) in [5.41, 5.74) is 4.95. The molecule has 4 rings (SSSR count). The van der Waals surface area contributed by atoms with Crippen molar-refractivity contribution < 1.29 is 8.78 Å². The number of nitrogens with one attached hydrogen (secondary N) is 1. The van der Waals surface area contributed by atoms with Gasteiger partial charge in [0.1, 0.15) is 18.6 Å². The second-order valence-corrected chi connectivity index (χ2v) is 10.6. The van der Waals surface area contributed by atoms with E-state index in [0.717, 1.165) is 41.4 Å². The lowest BCUT2D eigenvalue weighted by atomic mass is 9.79. The maximum absolute atomic E-state index is 14.4. The molecule has 192 valence electrons. The van der Waals surface area contributed by atoms with Gasteiger partial charge in [-0.05, 0) is 77.2 Å². The SMILES string of the molecule is C=CCCC(CF)NCC1C=NC(C2=C(C#N)c3cc(F)ccc3C(C)C(c3ccc(P)cc3)C2)=CC1. The van der Waals surface area contributed by atoms with Gasteiger partial charge in [0.15, 0.2) is 0 Å². The standard InChI is InChI=1S/C31H34F2N3P/c1-3-4-5-24(16-32)35-18-21-6-13-31(36-19-21)29-15-27(22-7-10-25(37)11-8-22)20(2)26-12-9-23(33)14-28(26)30(29)17-34/h3,7-14,19-21,24,27,35H,1,4-6,15-16,18,37H2,2H3. The van der Waals surface area contributed by atoms with Crippen LogP contribution >= 0.6 is 9.24 Å². The topological polar surface area (TPSA) is 48.2 Å². The summed E-state index contributed by atoms with van der Waals surface area (Å²) in [5, 5.41) is 14.7. The first-order valence-electron chi connectivity index (χ1n) is 12.9. The highest BCUT2D eigenvalue weighted by Gasteiger charge is 2.32. The van der Waals surface area contributed by atoms with Crippen LogP contribution in [0.2, 0.25) is 0 Å². The zero-order valence-electron chi connectivity index (χ0n) is 21.3. The van der Waals surface area contributed by atoms with Crippen LogP contribution in [0.4, 0.5) is 8.78 Å². The lowest BCUT2D eigenvalue weighted by Crippen LogP contribution is -2.35. The van der Waals surface area contributed by atoms with Gasteiger partial charge < -0.3 is 5.32 Å². The minimum Gasteiger partial charge on any atom is -0.311 e. The van der Waals surface area contributed by atoms with E-state index in [4.69, 9.17) is 4.99 Å². The second kappa shape index (κ2) is 12.5. The van der Waals surface area contributed by atoms with E-state index in [0.29, 0.717) is 24.1 Å².